The largest absolute Gasteiger partial charge is 4.00 e. The van der Waals surface area contributed by atoms with E-state index in [1.54, 1.807) is 0 Å². The average Bonchev–Trinajstić information content (AvgIpc) is 3.46. The molecule has 4 rings (SSSR count). The third-order valence-electron chi connectivity index (χ3n) is 5.03. The summed E-state index contributed by atoms with van der Waals surface area (Å²) in [5.74, 6) is 0. The summed E-state index contributed by atoms with van der Waals surface area (Å²) in [6, 6.07) is 21.0. The zero-order chi connectivity index (χ0) is 18.1. The van der Waals surface area contributed by atoms with Gasteiger partial charge in [0.1, 0.15) is 0 Å². The van der Waals surface area contributed by atoms with Gasteiger partial charge in [-0.3, -0.25) is 0 Å². The quantitative estimate of drug-likeness (QED) is 0.325. The third-order valence-corrected chi connectivity index (χ3v) is 5.03. The van der Waals surface area contributed by atoms with Crippen molar-refractivity contribution in [3.63, 3.8) is 0 Å². The van der Waals surface area contributed by atoms with Gasteiger partial charge in [-0.05, 0) is 0 Å². The molecule has 0 aliphatic heterocycles. The Kier molecular flexibility index (Phi) is 15.3. The molecule has 0 radical (unpaired) electrons. The second-order valence-electron chi connectivity index (χ2n) is 7.34. The molecule has 0 nitrogen and oxygen atoms in total. The normalized spacial score (nSPS) is 14.7. The van der Waals surface area contributed by atoms with Crippen LogP contribution in [0, 0.1) is 12.8 Å². The molecule has 0 saturated heterocycles. The summed E-state index contributed by atoms with van der Waals surface area (Å²) in [5.41, 5.74) is 2.62. The van der Waals surface area contributed by atoms with Crippen molar-refractivity contribution < 1.29 is 26.2 Å². The number of hydrogen-bond donors (Lipinski definition) is 0. The summed E-state index contributed by atoms with van der Waals surface area (Å²) in [4.78, 5) is 0. The maximum Gasteiger partial charge on any atom is 4.00 e. The molecule has 142 valence electrons. The fourth-order valence-corrected chi connectivity index (χ4v) is 3.45. The van der Waals surface area contributed by atoms with Crippen molar-refractivity contribution >= 4 is 0 Å². The fourth-order valence-electron chi connectivity index (χ4n) is 3.45. The summed E-state index contributed by atoms with van der Waals surface area (Å²) in [6.07, 6.45) is 21.7. The molecule has 2 aromatic rings. The van der Waals surface area contributed by atoms with Gasteiger partial charge < -0.3 is 0 Å². The van der Waals surface area contributed by atoms with Crippen molar-refractivity contribution in [2.75, 3.05) is 0 Å². The molecule has 2 fully saturated rings. The van der Waals surface area contributed by atoms with E-state index >= 15 is 0 Å². The summed E-state index contributed by atoms with van der Waals surface area (Å²) < 4.78 is 0. The zero-order valence-electron chi connectivity index (χ0n) is 16.9. The third kappa shape index (κ3) is 13.0. The van der Waals surface area contributed by atoms with Crippen LogP contribution in [0.4, 0.5) is 0 Å². The van der Waals surface area contributed by atoms with E-state index in [2.05, 4.69) is 61.4 Å². The Morgan fingerprint density at radius 3 is 0.963 bits per heavy atom. The Hall–Kier alpha value is -0.937. The first-order valence-electron chi connectivity index (χ1n) is 10.7. The van der Waals surface area contributed by atoms with Crippen molar-refractivity contribution in [1.29, 1.82) is 0 Å². The maximum absolute atomic E-state index is 2.28. The van der Waals surface area contributed by atoms with E-state index in [4.69, 9.17) is 0 Å². The first-order chi connectivity index (χ1) is 12.9. The molecule has 2 aliphatic carbocycles. The molecular weight excluding hydrogens is 404 g/mol. The molecule has 0 spiro atoms. The van der Waals surface area contributed by atoms with E-state index in [0.717, 1.165) is 12.8 Å². The van der Waals surface area contributed by atoms with Crippen LogP contribution in [-0.2, 0) is 26.2 Å². The van der Waals surface area contributed by atoms with Crippen LogP contribution in [0.15, 0.2) is 60.7 Å². The number of hydrogen-bond acceptors (Lipinski definition) is 0. The second-order valence-corrected chi connectivity index (χ2v) is 7.34. The standard InChI is InChI=1S/C16H16.2C5H10.Zr/c1-3-9-15(10-4-1)13-7-8-14-16-11-5-2-6-12-16;2*1-2-4-5-3-1;/h1-6,9-14H,7-8H2;2*1-5H2;/q-2;;;+4. The van der Waals surface area contributed by atoms with E-state index in [9.17, 15) is 0 Å². The number of unbranched alkanes of at least 4 members (excludes halogenated alkanes) is 1. The molecule has 0 atom stereocenters. The first-order valence-corrected chi connectivity index (χ1v) is 10.7. The second kappa shape index (κ2) is 17.2. The molecule has 2 aromatic carbocycles. The van der Waals surface area contributed by atoms with Crippen LogP contribution in [0.1, 0.15) is 88.2 Å². The van der Waals surface area contributed by atoms with Crippen LogP contribution in [0.2, 0.25) is 0 Å². The summed E-state index contributed by atoms with van der Waals surface area (Å²) in [6.45, 7) is 0. The number of benzene rings is 2. The molecule has 27 heavy (non-hydrogen) atoms. The van der Waals surface area contributed by atoms with Crippen LogP contribution >= 0.6 is 0 Å². The van der Waals surface area contributed by atoms with Crippen molar-refractivity contribution in [1.82, 2.24) is 0 Å². The van der Waals surface area contributed by atoms with Gasteiger partial charge in [0.05, 0.1) is 0 Å². The van der Waals surface area contributed by atoms with Crippen LogP contribution in [0.5, 0.6) is 0 Å². The van der Waals surface area contributed by atoms with Gasteiger partial charge in [-0.15, -0.1) is 24.3 Å². The van der Waals surface area contributed by atoms with Gasteiger partial charge in [-0.2, -0.15) is 48.2 Å². The maximum atomic E-state index is 2.28. The Labute approximate surface area is 187 Å². The van der Waals surface area contributed by atoms with Crippen LogP contribution < -0.4 is 0 Å². The minimum absolute atomic E-state index is 0. The summed E-state index contributed by atoms with van der Waals surface area (Å²) in [5, 5.41) is 0. The van der Waals surface area contributed by atoms with Gasteiger partial charge in [0.25, 0.3) is 0 Å². The van der Waals surface area contributed by atoms with Crippen molar-refractivity contribution in [2.45, 2.75) is 77.0 Å². The van der Waals surface area contributed by atoms with Crippen molar-refractivity contribution in [2.24, 2.45) is 0 Å². The molecule has 0 heterocycles. The molecule has 0 N–H and O–H groups in total. The van der Waals surface area contributed by atoms with E-state index < -0.39 is 0 Å². The van der Waals surface area contributed by atoms with E-state index in [1.807, 2.05) is 12.1 Å². The van der Waals surface area contributed by atoms with Gasteiger partial charge in [-0.25, -0.2) is 0 Å². The van der Waals surface area contributed by atoms with Gasteiger partial charge >= 0.3 is 26.2 Å². The predicted octanol–water partition coefficient (Wildman–Crippen LogP) is 8.17. The smallest absolute Gasteiger partial charge is 0.192 e. The van der Waals surface area contributed by atoms with Gasteiger partial charge in [0, 0.05) is 0 Å². The molecule has 0 aromatic heterocycles. The fraction of sp³-hybridized carbons (Fsp3) is 0.462. The molecule has 0 amide bonds. The average molecular weight is 440 g/mol. The molecule has 1 heteroatoms. The number of rotatable bonds is 5. The monoisotopic (exact) mass is 438 g/mol. The van der Waals surface area contributed by atoms with Crippen molar-refractivity contribution in [3.8, 4) is 0 Å². The van der Waals surface area contributed by atoms with Crippen LogP contribution in [-0.4, -0.2) is 0 Å². The predicted molar refractivity (Wildman–Crippen MR) is 115 cm³/mol. The Morgan fingerprint density at radius 2 is 0.704 bits per heavy atom. The van der Waals surface area contributed by atoms with Gasteiger partial charge in [0.15, 0.2) is 0 Å². The molecule has 0 unspecified atom stereocenters. The summed E-state index contributed by atoms with van der Waals surface area (Å²) >= 11 is 0. The SMILES string of the molecule is C1CCCC1.C1CCCC1.[Zr+4].c1ccc([CH-]CC[CH-]c2ccccc2)cc1. The van der Waals surface area contributed by atoms with E-state index in [-0.39, 0.29) is 26.2 Å². The van der Waals surface area contributed by atoms with E-state index in [0.29, 0.717) is 0 Å². The van der Waals surface area contributed by atoms with Crippen LogP contribution in [0.3, 0.4) is 0 Å². The van der Waals surface area contributed by atoms with E-state index in [1.165, 1.54) is 75.3 Å². The molecule has 2 aliphatic rings. The topological polar surface area (TPSA) is 0 Å². The van der Waals surface area contributed by atoms with Crippen molar-refractivity contribution in [3.05, 3.63) is 84.6 Å². The summed E-state index contributed by atoms with van der Waals surface area (Å²) in [7, 11) is 0. The van der Waals surface area contributed by atoms with Gasteiger partial charge in [0.2, 0.25) is 0 Å². The minimum atomic E-state index is 0. The van der Waals surface area contributed by atoms with Crippen LogP contribution in [0.25, 0.3) is 0 Å². The first kappa shape index (κ1) is 24.1. The Morgan fingerprint density at radius 1 is 0.444 bits per heavy atom. The molecular formula is C26H36Zr+2. The Bertz CT molecular complexity index is 460. The van der Waals surface area contributed by atoms with Gasteiger partial charge in [-0.1, -0.05) is 89.2 Å². The Balaban J connectivity index is 0.000000270. The molecule has 0 bridgehead atoms. The molecule has 2 saturated carbocycles. The minimum Gasteiger partial charge on any atom is -0.192 e. The zero-order valence-corrected chi connectivity index (χ0v) is 19.4.